The summed E-state index contributed by atoms with van der Waals surface area (Å²) in [5.41, 5.74) is 0.260. The van der Waals surface area contributed by atoms with E-state index < -0.39 is 18.9 Å². The minimum atomic E-state index is -4.87. The van der Waals surface area contributed by atoms with Crippen molar-refractivity contribution in [3.63, 3.8) is 0 Å². The van der Waals surface area contributed by atoms with Gasteiger partial charge in [-0.15, -0.1) is 13.2 Å². The molecule has 0 radical (unpaired) electrons. The lowest BCUT2D eigenvalue weighted by molar-refractivity contribution is -0.276. The Labute approximate surface area is 108 Å². The van der Waals surface area contributed by atoms with E-state index in [4.69, 9.17) is 5.26 Å². The van der Waals surface area contributed by atoms with Crippen LogP contribution < -0.4 is 4.74 Å². The van der Waals surface area contributed by atoms with Crippen molar-refractivity contribution in [1.29, 1.82) is 5.26 Å². The summed E-state index contributed by atoms with van der Waals surface area (Å²) in [5, 5.41) is 8.53. The minimum absolute atomic E-state index is 0.00313. The predicted octanol–water partition coefficient (Wildman–Crippen LogP) is 3.12. The second-order valence-corrected chi connectivity index (χ2v) is 3.98. The molecule has 8 heteroatoms. The highest BCUT2D eigenvalue weighted by Crippen LogP contribution is 2.30. The SMILES string of the molecule is N#CCc1c(CF)cnc(OC(F)(F)F)c1I. The van der Waals surface area contributed by atoms with Crippen LogP contribution in [0.2, 0.25) is 0 Å². The molecule has 0 N–H and O–H groups in total. The van der Waals surface area contributed by atoms with Gasteiger partial charge in [-0.3, -0.25) is 0 Å². The van der Waals surface area contributed by atoms with Gasteiger partial charge >= 0.3 is 6.36 Å². The molecule has 3 nitrogen and oxygen atoms in total. The van der Waals surface area contributed by atoms with E-state index in [-0.39, 0.29) is 21.1 Å². The zero-order chi connectivity index (χ0) is 13.1. The maximum atomic E-state index is 12.5. The molecule has 1 aromatic heterocycles. The first-order chi connectivity index (χ1) is 7.89. The van der Waals surface area contributed by atoms with Gasteiger partial charge in [0.1, 0.15) is 6.67 Å². The van der Waals surface area contributed by atoms with Crippen molar-refractivity contribution < 1.29 is 22.3 Å². The molecule has 0 aliphatic heterocycles. The number of nitriles is 1. The van der Waals surface area contributed by atoms with Crippen molar-refractivity contribution in [2.24, 2.45) is 0 Å². The van der Waals surface area contributed by atoms with Crippen LogP contribution in [0.3, 0.4) is 0 Å². The summed E-state index contributed by atoms with van der Waals surface area (Å²) in [4.78, 5) is 3.38. The number of halogens is 5. The predicted molar refractivity (Wildman–Crippen MR) is 57.8 cm³/mol. The Morgan fingerprint density at radius 1 is 1.47 bits per heavy atom. The van der Waals surface area contributed by atoms with E-state index in [1.54, 1.807) is 28.7 Å². The third kappa shape index (κ3) is 3.69. The first-order valence-electron chi connectivity index (χ1n) is 4.24. The number of pyridine rings is 1. The Hall–Kier alpha value is -1.11. The lowest BCUT2D eigenvalue weighted by atomic mass is 10.1. The van der Waals surface area contributed by atoms with Gasteiger partial charge in [-0.2, -0.15) is 5.26 Å². The standard InChI is InChI=1S/C9H5F4IN2O/c10-3-5-4-16-8(17-9(11,12)13)7(14)6(5)1-2-15/h4H,1,3H2. The van der Waals surface area contributed by atoms with E-state index in [0.29, 0.717) is 0 Å². The molecular weight excluding hydrogens is 355 g/mol. The summed E-state index contributed by atoms with van der Waals surface area (Å²) in [7, 11) is 0. The summed E-state index contributed by atoms with van der Waals surface area (Å²) in [5.74, 6) is -0.666. The lowest BCUT2D eigenvalue weighted by Gasteiger charge is -2.12. The number of hydrogen-bond donors (Lipinski definition) is 0. The van der Waals surface area contributed by atoms with E-state index in [1.807, 2.05) is 0 Å². The van der Waals surface area contributed by atoms with Gasteiger partial charge in [-0.25, -0.2) is 9.37 Å². The zero-order valence-electron chi connectivity index (χ0n) is 8.18. The molecule has 1 rings (SSSR count). The van der Waals surface area contributed by atoms with Crippen LogP contribution in [0.1, 0.15) is 11.1 Å². The molecule has 0 fully saturated rings. The first-order valence-corrected chi connectivity index (χ1v) is 5.31. The molecule has 0 aromatic carbocycles. The van der Waals surface area contributed by atoms with E-state index in [9.17, 15) is 17.6 Å². The Kier molecular flexibility index (Phi) is 4.50. The molecule has 17 heavy (non-hydrogen) atoms. The molecule has 0 saturated carbocycles. The normalized spacial score (nSPS) is 11.1. The van der Waals surface area contributed by atoms with E-state index in [0.717, 1.165) is 6.20 Å². The fourth-order valence-corrected chi connectivity index (χ4v) is 1.89. The smallest absolute Gasteiger partial charge is 0.387 e. The summed E-state index contributed by atoms with van der Waals surface area (Å²) in [6, 6.07) is 1.75. The highest BCUT2D eigenvalue weighted by Gasteiger charge is 2.33. The van der Waals surface area contributed by atoms with Crippen molar-refractivity contribution >= 4 is 22.6 Å². The van der Waals surface area contributed by atoms with Crippen molar-refractivity contribution in [2.45, 2.75) is 19.5 Å². The van der Waals surface area contributed by atoms with Crippen molar-refractivity contribution in [3.8, 4) is 11.9 Å². The lowest BCUT2D eigenvalue weighted by Crippen LogP contribution is -2.19. The monoisotopic (exact) mass is 360 g/mol. The minimum Gasteiger partial charge on any atom is -0.387 e. The van der Waals surface area contributed by atoms with Gasteiger partial charge < -0.3 is 4.74 Å². The van der Waals surface area contributed by atoms with Crippen LogP contribution >= 0.6 is 22.6 Å². The maximum absolute atomic E-state index is 12.5. The largest absolute Gasteiger partial charge is 0.574 e. The van der Waals surface area contributed by atoms with Crippen LogP contribution in [0, 0.1) is 14.9 Å². The molecule has 0 spiro atoms. The third-order valence-corrected chi connectivity index (χ3v) is 2.90. The second-order valence-electron chi connectivity index (χ2n) is 2.90. The zero-order valence-corrected chi connectivity index (χ0v) is 10.3. The Morgan fingerprint density at radius 3 is 2.59 bits per heavy atom. The number of rotatable bonds is 3. The van der Waals surface area contributed by atoms with Crippen LogP contribution in [-0.2, 0) is 13.1 Å². The molecule has 0 aliphatic rings. The van der Waals surface area contributed by atoms with Crippen LogP contribution in [0.4, 0.5) is 17.6 Å². The molecule has 92 valence electrons. The van der Waals surface area contributed by atoms with Gasteiger partial charge in [0.2, 0.25) is 5.88 Å². The summed E-state index contributed by atoms with van der Waals surface area (Å²) in [6.07, 6.45) is -4.13. The number of nitrogens with zero attached hydrogens (tertiary/aromatic N) is 2. The van der Waals surface area contributed by atoms with Crippen LogP contribution in [0.25, 0.3) is 0 Å². The fourth-order valence-electron chi connectivity index (χ4n) is 1.11. The Bertz CT molecular complexity index is 456. The molecule has 0 saturated heterocycles. The molecule has 0 amide bonds. The molecule has 1 aromatic rings. The van der Waals surface area contributed by atoms with Crippen molar-refractivity contribution in [2.75, 3.05) is 0 Å². The van der Waals surface area contributed by atoms with Gasteiger partial charge in [0.05, 0.1) is 16.1 Å². The highest BCUT2D eigenvalue weighted by atomic mass is 127. The average molecular weight is 360 g/mol. The second kappa shape index (κ2) is 5.48. The topological polar surface area (TPSA) is 45.9 Å². The fraction of sp³-hybridized carbons (Fsp3) is 0.333. The van der Waals surface area contributed by atoms with Crippen LogP contribution in [-0.4, -0.2) is 11.3 Å². The maximum Gasteiger partial charge on any atom is 0.574 e. The molecule has 0 atom stereocenters. The highest BCUT2D eigenvalue weighted by molar-refractivity contribution is 14.1. The first kappa shape index (κ1) is 14.0. The van der Waals surface area contributed by atoms with Gasteiger partial charge in [-0.1, -0.05) is 0 Å². The molecular formula is C9H5F4IN2O. The summed E-state index contributed by atoms with van der Waals surface area (Å²) >= 11 is 1.55. The summed E-state index contributed by atoms with van der Waals surface area (Å²) < 4.78 is 52.3. The third-order valence-electron chi connectivity index (χ3n) is 1.79. The van der Waals surface area contributed by atoms with Crippen LogP contribution in [0.15, 0.2) is 6.20 Å². The van der Waals surface area contributed by atoms with Crippen molar-refractivity contribution in [1.82, 2.24) is 4.98 Å². The van der Waals surface area contributed by atoms with E-state index in [1.165, 1.54) is 0 Å². The molecule has 0 unspecified atom stereocenters. The summed E-state index contributed by atoms with van der Waals surface area (Å²) in [6.45, 7) is -0.897. The average Bonchev–Trinajstić information content (AvgIpc) is 2.23. The number of ether oxygens (including phenoxy) is 1. The van der Waals surface area contributed by atoms with E-state index in [2.05, 4.69) is 9.72 Å². The number of alkyl halides is 4. The molecule has 0 aliphatic carbocycles. The van der Waals surface area contributed by atoms with Gasteiger partial charge in [0.25, 0.3) is 0 Å². The van der Waals surface area contributed by atoms with Gasteiger partial charge in [0, 0.05) is 11.8 Å². The van der Waals surface area contributed by atoms with Gasteiger partial charge in [-0.05, 0) is 28.2 Å². The van der Waals surface area contributed by atoms with E-state index >= 15 is 0 Å². The van der Waals surface area contributed by atoms with Gasteiger partial charge in [0.15, 0.2) is 0 Å². The van der Waals surface area contributed by atoms with Crippen LogP contribution in [0.5, 0.6) is 5.88 Å². The molecule has 1 heterocycles. The number of aromatic nitrogens is 1. The molecule has 0 bridgehead atoms. The Balaban J connectivity index is 3.19. The Morgan fingerprint density at radius 2 is 2.12 bits per heavy atom. The number of hydrogen-bond acceptors (Lipinski definition) is 3. The quantitative estimate of drug-likeness (QED) is 0.615. The van der Waals surface area contributed by atoms with Crippen molar-refractivity contribution in [3.05, 3.63) is 20.9 Å².